The second-order valence-corrected chi connectivity index (χ2v) is 9.10. The lowest BCUT2D eigenvalue weighted by Gasteiger charge is -2.21. The number of rotatable bonds is 3. The normalized spacial score (nSPS) is 14.7. The quantitative estimate of drug-likeness (QED) is 0.459. The first kappa shape index (κ1) is 20.6. The predicted molar refractivity (Wildman–Crippen MR) is 125 cm³/mol. The molecular weight excluding hydrogens is 425 g/mol. The molecular formula is C24H24FN5OS. The van der Waals surface area contributed by atoms with Gasteiger partial charge in [-0.25, -0.2) is 9.07 Å². The Morgan fingerprint density at radius 2 is 1.72 bits per heavy atom. The SMILES string of the molecule is Cc1ccc(-n2nc(C)c3sc(N4CCCN(C(=O)c5ccc(F)cc5)CC4)nc32)cc1. The van der Waals surface area contributed by atoms with Crippen LogP contribution in [0.15, 0.2) is 48.5 Å². The van der Waals surface area contributed by atoms with Crippen LogP contribution in [0.4, 0.5) is 9.52 Å². The Kier molecular flexibility index (Phi) is 5.38. The molecule has 6 nitrogen and oxygen atoms in total. The first-order valence-corrected chi connectivity index (χ1v) is 11.5. The highest BCUT2D eigenvalue weighted by molar-refractivity contribution is 7.22. The van der Waals surface area contributed by atoms with E-state index in [1.165, 1.54) is 17.7 Å². The number of fused-ring (bicyclic) bond motifs is 1. The van der Waals surface area contributed by atoms with E-state index >= 15 is 0 Å². The van der Waals surface area contributed by atoms with Crippen molar-refractivity contribution in [2.75, 3.05) is 31.1 Å². The Bertz CT molecular complexity index is 1260. The van der Waals surface area contributed by atoms with Crippen LogP contribution >= 0.6 is 11.3 Å². The van der Waals surface area contributed by atoms with Crippen LogP contribution in [-0.4, -0.2) is 51.8 Å². The molecule has 0 aliphatic carbocycles. The number of carbonyl (C=O) groups is 1. The monoisotopic (exact) mass is 449 g/mol. The van der Waals surface area contributed by atoms with Crippen molar-refractivity contribution in [1.82, 2.24) is 19.7 Å². The topological polar surface area (TPSA) is 54.3 Å². The summed E-state index contributed by atoms with van der Waals surface area (Å²) in [5.41, 5.74) is 4.56. The molecule has 2 aromatic heterocycles. The van der Waals surface area contributed by atoms with Crippen molar-refractivity contribution in [2.24, 2.45) is 0 Å². The van der Waals surface area contributed by atoms with E-state index in [2.05, 4.69) is 36.1 Å². The highest BCUT2D eigenvalue weighted by Crippen LogP contribution is 2.33. The second-order valence-electron chi connectivity index (χ2n) is 8.12. The highest BCUT2D eigenvalue weighted by atomic mass is 32.1. The molecule has 2 aromatic carbocycles. The maximum atomic E-state index is 13.2. The molecule has 0 spiro atoms. The van der Waals surface area contributed by atoms with Crippen molar-refractivity contribution < 1.29 is 9.18 Å². The van der Waals surface area contributed by atoms with Crippen LogP contribution < -0.4 is 4.90 Å². The molecule has 0 unspecified atom stereocenters. The fourth-order valence-corrected chi connectivity index (χ4v) is 5.05. The maximum Gasteiger partial charge on any atom is 0.253 e. The standard InChI is InChI=1S/C24H24FN5OS/c1-16-4-10-20(11-5-16)30-22-21(17(2)27-30)32-24(26-22)29-13-3-12-28(14-15-29)23(31)18-6-8-19(25)9-7-18/h4-11H,3,12-15H2,1-2H3. The van der Waals surface area contributed by atoms with Gasteiger partial charge in [-0.2, -0.15) is 10.1 Å². The second kappa shape index (κ2) is 8.35. The molecule has 1 aliphatic heterocycles. The molecule has 0 atom stereocenters. The average Bonchev–Trinajstić information content (AvgIpc) is 3.25. The summed E-state index contributed by atoms with van der Waals surface area (Å²) in [5, 5.41) is 5.65. The maximum absolute atomic E-state index is 13.2. The first-order valence-electron chi connectivity index (χ1n) is 10.7. The Hall–Kier alpha value is -3.26. The molecule has 5 rings (SSSR count). The van der Waals surface area contributed by atoms with E-state index in [9.17, 15) is 9.18 Å². The Morgan fingerprint density at radius 3 is 2.47 bits per heavy atom. The van der Waals surface area contributed by atoms with Crippen molar-refractivity contribution in [3.8, 4) is 5.69 Å². The van der Waals surface area contributed by atoms with Crippen molar-refractivity contribution in [3.05, 3.63) is 71.2 Å². The third kappa shape index (κ3) is 3.86. The fraction of sp³-hybridized carbons (Fsp3) is 0.292. The number of amides is 1. The summed E-state index contributed by atoms with van der Waals surface area (Å²) in [4.78, 5) is 21.9. The minimum absolute atomic E-state index is 0.0537. The molecule has 0 N–H and O–H groups in total. The summed E-state index contributed by atoms with van der Waals surface area (Å²) >= 11 is 1.65. The van der Waals surface area contributed by atoms with Crippen LogP contribution in [0.3, 0.4) is 0 Å². The van der Waals surface area contributed by atoms with Crippen LogP contribution in [0.5, 0.6) is 0 Å². The molecule has 4 aromatic rings. The average molecular weight is 450 g/mol. The number of anilines is 1. The summed E-state index contributed by atoms with van der Waals surface area (Å²) in [6.07, 6.45) is 0.853. The van der Waals surface area contributed by atoms with Crippen molar-refractivity contribution in [3.63, 3.8) is 0 Å². The van der Waals surface area contributed by atoms with Gasteiger partial charge in [0.2, 0.25) is 0 Å². The molecule has 3 heterocycles. The van der Waals surface area contributed by atoms with Gasteiger partial charge in [0.1, 0.15) is 5.82 Å². The van der Waals surface area contributed by atoms with Gasteiger partial charge in [0.25, 0.3) is 5.91 Å². The number of carbonyl (C=O) groups excluding carboxylic acids is 1. The third-order valence-electron chi connectivity index (χ3n) is 5.80. The van der Waals surface area contributed by atoms with E-state index in [4.69, 9.17) is 10.1 Å². The summed E-state index contributed by atoms with van der Waals surface area (Å²) in [5.74, 6) is -0.388. The van der Waals surface area contributed by atoms with Crippen molar-refractivity contribution in [1.29, 1.82) is 0 Å². The van der Waals surface area contributed by atoms with E-state index < -0.39 is 0 Å². The zero-order chi connectivity index (χ0) is 22.2. The number of halogens is 1. The van der Waals surface area contributed by atoms with Gasteiger partial charge in [-0.3, -0.25) is 4.79 Å². The van der Waals surface area contributed by atoms with Gasteiger partial charge in [0.05, 0.1) is 16.1 Å². The molecule has 1 aliphatic rings. The van der Waals surface area contributed by atoms with Gasteiger partial charge in [-0.05, 0) is 56.7 Å². The smallest absolute Gasteiger partial charge is 0.253 e. The molecule has 1 saturated heterocycles. The Labute approximate surface area is 189 Å². The Morgan fingerprint density at radius 1 is 0.969 bits per heavy atom. The summed E-state index contributed by atoms with van der Waals surface area (Å²) in [7, 11) is 0. The lowest BCUT2D eigenvalue weighted by Crippen LogP contribution is -2.35. The molecule has 8 heteroatoms. The van der Waals surface area contributed by atoms with Crippen LogP contribution in [0.25, 0.3) is 16.0 Å². The number of aryl methyl sites for hydroxylation is 2. The van der Waals surface area contributed by atoms with E-state index in [0.29, 0.717) is 25.2 Å². The van der Waals surface area contributed by atoms with E-state index in [-0.39, 0.29) is 11.7 Å². The molecule has 1 amide bonds. The van der Waals surface area contributed by atoms with E-state index in [0.717, 1.165) is 39.8 Å². The molecule has 32 heavy (non-hydrogen) atoms. The van der Waals surface area contributed by atoms with Gasteiger partial charge in [0, 0.05) is 31.7 Å². The minimum Gasteiger partial charge on any atom is -0.346 e. The molecule has 0 saturated carbocycles. The summed E-state index contributed by atoms with van der Waals surface area (Å²) < 4.78 is 16.2. The van der Waals surface area contributed by atoms with Crippen LogP contribution in [-0.2, 0) is 0 Å². The number of aromatic nitrogens is 3. The van der Waals surface area contributed by atoms with E-state index in [1.54, 1.807) is 23.5 Å². The zero-order valence-corrected chi connectivity index (χ0v) is 18.9. The first-order chi connectivity index (χ1) is 15.5. The Balaban J connectivity index is 1.36. The van der Waals surface area contributed by atoms with E-state index in [1.807, 2.05) is 16.5 Å². The minimum atomic E-state index is -0.334. The summed E-state index contributed by atoms with van der Waals surface area (Å²) in [6, 6.07) is 14.0. The van der Waals surface area contributed by atoms with Crippen molar-refractivity contribution in [2.45, 2.75) is 20.3 Å². The molecule has 1 fully saturated rings. The van der Waals surface area contributed by atoms with Crippen molar-refractivity contribution >= 4 is 32.7 Å². The zero-order valence-electron chi connectivity index (χ0n) is 18.1. The van der Waals surface area contributed by atoms with Gasteiger partial charge in [0.15, 0.2) is 10.8 Å². The van der Waals surface area contributed by atoms with Crippen LogP contribution in [0, 0.1) is 19.7 Å². The summed E-state index contributed by atoms with van der Waals surface area (Å²) in [6.45, 7) is 6.90. The van der Waals surface area contributed by atoms with Crippen LogP contribution in [0.2, 0.25) is 0 Å². The number of benzene rings is 2. The number of hydrogen-bond donors (Lipinski definition) is 0. The lowest BCUT2D eigenvalue weighted by atomic mass is 10.2. The van der Waals surface area contributed by atoms with Gasteiger partial charge < -0.3 is 9.80 Å². The number of hydrogen-bond acceptors (Lipinski definition) is 5. The molecule has 164 valence electrons. The lowest BCUT2D eigenvalue weighted by molar-refractivity contribution is 0.0767. The van der Waals surface area contributed by atoms with Crippen LogP contribution in [0.1, 0.15) is 28.0 Å². The highest BCUT2D eigenvalue weighted by Gasteiger charge is 2.24. The predicted octanol–water partition coefficient (Wildman–Crippen LogP) is 4.59. The van der Waals surface area contributed by atoms with Gasteiger partial charge >= 0.3 is 0 Å². The number of thiazole rings is 1. The largest absolute Gasteiger partial charge is 0.346 e. The molecule has 0 radical (unpaired) electrons. The fourth-order valence-electron chi connectivity index (χ4n) is 4.01. The third-order valence-corrected chi connectivity index (χ3v) is 7.01. The number of nitrogens with zero attached hydrogens (tertiary/aromatic N) is 5. The van der Waals surface area contributed by atoms with Gasteiger partial charge in [-0.15, -0.1) is 0 Å². The molecule has 0 bridgehead atoms. The van der Waals surface area contributed by atoms with Gasteiger partial charge in [-0.1, -0.05) is 29.0 Å².